The summed E-state index contributed by atoms with van der Waals surface area (Å²) >= 11 is 0. The van der Waals surface area contributed by atoms with Gasteiger partial charge in [0.15, 0.2) is 0 Å². The molecule has 4 aromatic rings. The maximum absolute atomic E-state index is 13.1. The molecular formula is C21H17FN4O. The van der Waals surface area contributed by atoms with E-state index in [4.69, 9.17) is 4.42 Å². The number of hydrogen-bond donors (Lipinski definition) is 2. The van der Waals surface area contributed by atoms with Crippen molar-refractivity contribution in [1.29, 1.82) is 0 Å². The second kappa shape index (κ2) is 7.70. The van der Waals surface area contributed by atoms with Gasteiger partial charge in [0.05, 0.1) is 18.5 Å². The van der Waals surface area contributed by atoms with Crippen molar-refractivity contribution in [3.63, 3.8) is 0 Å². The highest BCUT2D eigenvalue weighted by Crippen LogP contribution is 2.24. The first kappa shape index (κ1) is 16.8. The number of furan rings is 1. The fourth-order valence-corrected chi connectivity index (χ4v) is 2.61. The molecule has 0 atom stereocenters. The van der Waals surface area contributed by atoms with Crippen LogP contribution in [0, 0.1) is 5.82 Å². The molecule has 4 rings (SSSR count). The van der Waals surface area contributed by atoms with Gasteiger partial charge < -0.3 is 15.1 Å². The predicted octanol–water partition coefficient (Wildman–Crippen LogP) is 5.23. The Kier molecular flexibility index (Phi) is 4.78. The molecule has 0 amide bonds. The zero-order chi connectivity index (χ0) is 18.5. The van der Waals surface area contributed by atoms with Crippen LogP contribution in [-0.4, -0.2) is 9.97 Å². The molecule has 5 nitrogen and oxygen atoms in total. The Bertz CT molecular complexity index is 1000. The van der Waals surface area contributed by atoms with Crippen molar-refractivity contribution in [2.45, 2.75) is 6.54 Å². The highest BCUT2D eigenvalue weighted by atomic mass is 19.1. The predicted molar refractivity (Wildman–Crippen MR) is 103 cm³/mol. The van der Waals surface area contributed by atoms with Crippen LogP contribution in [0.2, 0.25) is 0 Å². The van der Waals surface area contributed by atoms with Crippen LogP contribution in [0.1, 0.15) is 5.76 Å². The lowest BCUT2D eigenvalue weighted by Gasteiger charge is -2.11. The Morgan fingerprint density at radius 1 is 0.889 bits per heavy atom. The monoisotopic (exact) mass is 360 g/mol. The van der Waals surface area contributed by atoms with E-state index in [-0.39, 0.29) is 5.82 Å². The van der Waals surface area contributed by atoms with Gasteiger partial charge >= 0.3 is 0 Å². The van der Waals surface area contributed by atoms with Crippen molar-refractivity contribution >= 4 is 17.5 Å². The zero-order valence-electron chi connectivity index (χ0n) is 14.4. The molecule has 2 N–H and O–H groups in total. The molecule has 0 aliphatic heterocycles. The van der Waals surface area contributed by atoms with Crippen LogP contribution in [0.5, 0.6) is 0 Å². The SMILES string of the molecule is Fc1ccc(Nc2cc(-c3ccccc3)nc(NCc3ccco3)n2)cc1. The minimum absolute atomic E-state index is 0.283. The molecule has 0 fully saturated rings. The first-order valence-electron chi connectivity index (χ1n) is 8.50. The minimum atomic E-state index is -0.283. The van der Waals surface area contributed by atoms with Crippen molar-refractivity contribution < 1.29 is 8.81 Å². The summed E-state index contributed by atoms with van der Waals surface area (Å²) in [6, 6.07) is 21.5. The van der Waals surface area contributed by atoms with E-state index in [0.29, 0.717) is 18.3 Å². The van der Waals surface area contributed by atoms with Crippen LogP contribution in [0.4, 0.5) is 21.8 Å². The second-order valence-corrected chi connectivity index (χ2v) is 5.89. The van der Waals surface area contributed by atoms with Crippen LogP contribution < -0.4 is 10.6 Å². The molecule has 0 aliphatic rings. The molecule has 0 saturated heterocycles. The van der Waals surface area contributed by atoms with Crippen molar-refractivity contribution in [2.75, 3.05) is 10.6 Å². The topological polar surface area (TPSA) is 63.0 Å². The highest BCUT2D eigenvalue weighted by Gasteiger charge is 2.08. The van der Waals surface area contributed by atoms with Crippen molar-refractivity contribution in [2.24, 2.45) is 0 Å². The molecule has 134 valence electrons. The van der Waals surface area contributed by atoms with Gasteiger partial charge in [-0.3, -0.25) is 0 Å². The number of benzene rings is 2. The summed E-state index contributed by atoms with van der Waals surface area (Å²) in [5.41, 5.74) is 2.49. The Hall–Kier alpha value is -3.67. The van der Waals surface area contributed by atoms with E-state index in [1.807, 2.05) is 48.5 Å². The van der Waals surface area contributed by atoms with E-state index in [1.165, 1.54) is 12.1 Å². The Balaban J connectivity index is 1.64. The second-order valence-electron chi connectivity index (χ2n) is 5.89. The fourth-order valence-electron chi connectivity index (χ4n) is 2.61. The normalized spacial score (nSPS) is 10.6. The molecular weight excluding hydrogens is 343 g/mol. The molecule has 0 unspecified atom stereocenters. The number of hydrogen-bond acceptors (Lipinski definition) is 5. The van der Waals surface area contributed by atoms with Gasteiger partial charge in [-0.2, -0.15) is 4.98 Å². The molecule has 0 saturated carbocycles. The smallest absolute Gasteiger partial charge is 0.225 e. The summed E-state index contributed by atoms with van der Waals surface area (Å²) in [4.78, 5) is 9.10. The summed E-state index contributed by atoms with van der Waals surface area (Å²) in [7, 11) is 0. The molecule has 2 heterocycles. The average molecular weight is 360 g/mol. The zero-order valence-corrected chi connectivity index (χ0v) is 14.4. The number of aromatic nitrogens is 2. The highest BCUT2D eigenvalue weighted by molar-refractivity contribution is 5.67. The third kappa shape index (κ3) is 4.30. The Morgan fingerprint density at radius 3 is 2.44 bits per heavy atom. The van der Waals surface area contributed by atoms with Crippen LogP contribution >= 0.6 is 0 Å². The number of nitrogens with zero attached hydrogens (tertiary/aromatic N) is 2. The molecule has 0 radical (unpaired) electrons. The number of nitrogens with one attached hydrogen (secondary N) is 2. The lowest BCUT2D eigenvalue weighted by molar-refractivity contribution is 0.517. The largest absolute Gasteiger partial charge is 0.467 e. The van der Waals surface area contributed by atoms with Crippen LogP contribution in [-0.2, 0) is 6.54 Å². The fraction of sp³-hybridized carbons (Fsp3) is 0.0476. The van der Waals surface area contributed by atoms with Gasteiger partial charge in [-0.05, 0) is 36.4 Å². The molecule has 0 aliphatic carbocycles. The summed E-state index contributed by atoms with van der Waals surface area (Å²) < 4.78 is 18.5. The van der Waals surface area contributed by atoms with Crippen LogP contribution in [0.25, 0.3) is 11.3 Å². The molecule has 0 spiro atoms. The van der Waals surface area contributed by atoms with E-state index in [2.05, 4.69) is 20.6 Å². The quantitative estimate of drug-likeness (QED) is 0.493. The van der Waals surface area contributed by atoms with E-state index < -0.39 is 0 Å². The van der Waals surface area contributed by atoms with E-state index in [9.17, 15) is 4.39 Å². The summed E-state index contributed by atoms with van der Waals surface area (Å²) in [6.07, 6.45) is 1.62. The van der Waals surface area contributed by atoms with Gasteiger partial charge in [0.2, 0.25) is 5.95 Å². The number of halogens is 1. The van der Waals surface area contributed by atoms with Gasteiger partial charge in [-0.15, -0.1) is 0 Å². The van der Waals surface area contributed by atoms with Crippen LogP contribution in [0.3, 0.4) is 0 Å². The van der Waals surface area contributed by atoms with Gasteiger partial charge in [-0.1, -0.05) is 30.3 Å². The summed E-state index contributed by atoms with van der Waals surface area (Å²) in [5.74, 6) is 1.58. The van der Waals surface area contributed by atoms with Gasteiger partial charge in [0.1, 0.15) is 17.4 Å². The van der Waals surface area contributed by atoms with E-state index in [0.717, 1.165) is 22.7 Å². The number of rotatable bonds is 6. The van der Waals surface area contributed by atoms with Crippen LogP contribution in [0.15, 0.2) is 83.5 Å². The number of anilines is 3. The first-order chi connectivity index (χ1) is 13.3. The lowest BCUT2D eigenvalue weighted by atomic mass is 10.1. The third-order valence-electron chi connectivity index (χ3n) is 3.91. The molecule has 2 aromatic carbocycles. The molecule has 27 heavy (non-hydrogen) atoms. The lowest BCUT2D eigenvalue weighted by Crippen LogP contribution is -2.06. The Morgan fingerprint density at radius 2 is 1.70 bits per heavy atom. The van der Waals surface area contributed by atoms with E-state index >= 15 is 0 Å². The summed E-state index contributed by atoms with van der Waals surface area (Å²) in [6.45, 7) is 0.473. The standard InChI is InChI=1S/C21H17FN4O/c22-16-8-10-17(11-9-16)24-20-13-19(15-5-2-1-3-6-15)25-21(26-20)23-14-18-7-4-12-27-18/h1-13H,14H2,(H2,23,24,25,26). The van der Waals surface area contributed by atoms with Crippen molar-refractivity contribution in [3.05, 3.63) is 90.6 Å². The first-order valence-corrected chi connectivity index (χ1v) is 8.50. The van der Waals surface area contributed by atoms with Crippen molar-refractivity contribution in [1.82, 2.24) is 9.97 Å². The van der Waals surface area contributed by atoms with Gasteiger partial charge in [-0.25, -0.2) is 9.37 Å². The molecule has 6 heteroatoms. The molecule has 0 bridgehead atoms. The summed E-state index contributed by atoms with van der Waals surface area (Å²) in [5, 5.41) is 6.37. The van der Waals surface area contributed by atoms with Gasteiger partial charge in [0.25, 0.3) is 0 Å². The molecule has 2 aromatic heterocycles. The van der Waals surface area contributed by atoms with Gasteiger partial charge in [0, 0.05) is 17.3 Å². The maximum Gasteiger partial charge on any atom is 0.225 e. The average Bonchev–Trinajstić information content (AvgIpc) is 3.22. The minimum Gasteiger partial charge on any atom is -0.467 e. The van der Waals surface area contributed by atoms with Crippen molar-refractivity contribution in [3.8, 4) is 11.3 Å². The third-order valence-corrected chi connectivity index (χ3v) is 3.91. The maximum atomic E-state index is 13.1. The van der Waals surface area contributed by atoms with E-state index in [1.54, 1.807) is 18.4 Å². The Labute approximate surface area is 155 Å².